The van der Waals surface area contributed by atoms with Crippen molar-refractivity contribution >= 4 is 5.97 Å². The van der Waals surface area contributed by atoms with Crippen LogP contribution in [0.2, 0.25) is 0 Å². The molecule has 1 heterocycles. The van der Waals surface area contributed by atoms with E-state index in [-0.39, 0.29) is 11.4 Å². The number of esters is 1. The van der Waals surface area contributed by atoms with Gasteiger partial charge < -0.3 is 4.74 Å². The number of rotatable bonds is 0. The van der Waals surface area contributed by atoms with Crippen molar-refractivity contribution < 1.29 is 9.53 Å². The smallest absolute Gasteiger partial charge is 0.339 e. The number of hydrogen-bond donors (Lipinski definition) is 0. The highest BCUT2D eigenvalue weighted by Crippen LogP contribution is 2.38. The van der Waals surface area contributed by atoms with Crippen molar-refractivity contribution in [3.63, 3.8) is 0 Å². The molecule has 2 nitrogen and oxygen atoms in total. The standard InChI is InChI=1S/C10H14O2/c1-6-8(10(3,4)5)7(2)12-9(6)11/h2H2,1,3-5H3. The van der Waals surface area contributed by atoms with Gasteiger partial charge in [-0.05, 0) is 12.3 Å². The lowest BCUT2D eigenvalue weighted by molar-refractivity contribution is -0.133. The molecule has 0 atom stereocenters. The monoisotopic (exact) mass is 166 g/mol. The number of hydrogen-bond acceptors (Lipinski definition) is 2. The zero-order valence-electron chi connectivity index (χ0n) is 8.02. The molecule has 0 bridgehead atoms. The average Bonchev–Trinajstić information content (AvgIpc) is 2.05. The lowest BCUT2D eigenvalue weighted by Crippen LogP contribution is -2.10. The van der Waals surface area contributed by atoms with Crippen LogP contribution in [0.4, 0.5) is 0 Å². The molecule has 0 N–H and O–H groups in total. The quantitative estimate of drug-likeness (QED) is 0.516. The summed E-state index contributed by atoms with van der Waals surface area (Å²) in [6, 6.07) is 0. The Morgan fingerprint density at radius 2 is 1.83 bits per heavy atom. The van der Waals surface area contributed by atoms with E-state index in [9.17, 15) is 4.79 Å². The van der Waals surface area contributed by atoms with Crippen LogP contribution in [0.3, 0.4) is 0 Å². The van der Waals surface area contributed by atoms with Crippen molar-refractivity contribution in [3.05, 3.63) is 23.5 Å². The Morgan fingerprint density at radius 3 is 2.00 bits per heavy atom. The number of carbonyl (C=O) groups is 1. The number of ether oxygens (including phenoxy) is 1. The number of allylic oxidation sites excluding steroid dienone is 1. The molecule has 0 amide bonds. The average molecular weight is 166 g/mol. The maximum Gasteiger partial charge on any atom is 0.339 e. The fourth-order valence-electron chi connectivity index (χ4n) is 1.53. The van der Waals surface area contributed by atoms with Crippen LogP contribution in [0.5, 0.6) is 0 Å². The fraction of sp³-hybridized carbons (Fsp3) is 0.500. The van der Waals surface area contributed by atoms with E-state index in [0.717, 1.165) is 5.57 Å². The van der Waals surface area contributed by atoms with Gasteiger partial charge in [-0.2, -0.15) is 0 Å². The van der Waals surface area contributed by atoms with Crippen LogP contribution in [-0.2, 0) is 9.53 Å². The summed E-state index contributed by atoms with van der Waals surface area (Å²) in [7, 11) is 0. The van der Waals surface area contributed by atoms with Crippen molar-refractivity contribution in [2.24, 2.45) is 5.41 Å². The molecule has 0 spiro atoms. The molecule has 12 heavy (non-hydrogen) atoms. The summed E-state index contributed by atoms with van der Waals surface area (Å²) in [5.74, 6) is 0.245. The normalized spacial score (nSPS) is 18.7. The van der Waals surface area contributed by atoms with Gasteiger partial charge in [0.25, 0.3) is 0 Å². The molecule has 1 aliphatic heterocycles. The zero-order chi connectivity index (χ0) is 9.52. The molecule has 66 valence electrons. The van der Waals surface area contributed by atoms with Crippen molar-refractivity contribution in [1.29, 1.82) is 0 Å². The van der Waals surface area contributed by atoms with E-state index in [2.05, 4.69) is 6.58 Å². The van der Waals surface area contributed by atoms with Gasteiger partial charge in [-0.15, -0.1) is 0 Å². The van der Waals surface area contributed by atoms with Gasteiger partial charge in [-0.25, -0.2) is 4.79 Å². The van der Waals surface area contributed by atoms with E-state index in [1.165, 1.54) is 0 Å². The van der Waals surface area contributed by atoms with E-state index in [1.807, 2.05) is 20.8 Å². The van der Waals surface area contributed by atoms with Gasteiger partial charge >= 0.3 is 5.97 Å². The zero-order valence-corrected chi connectivity index (χ0v) is 8.02. The first-order chi connectivity index (χ1) is 5.34. The first-order valence-corrected chi connectivity index (χ1v) is 3.97. The lowest BCUT2D eigenvalue weighted by atomic mass is 9.83. The molecular formula is C10H14O2. The maximum absolute atomic E-state index is 11.1. The molecule has 0 aliphatic carbocycles. The minimum Gasteiger partial charge on any atom is -0.423 e. The van der Waals surface area contributed by atoms with Crippen molar-refractivity contribution in [1.82, 2.24) is 0 Å². The summed E-state index contributed by atoms with van der Waals surface area (Å²) in [6.45, 7) is 11.6. The fourth-order valence-corrected chi connectivity index (χ4v) is 1.53. The summed E-state index contributed by atoms with van der Waals surface area (Å²) in [5, 5.41) is 0. The van der Waals surface area contributed by atoms with Gasteiger partial charge in [-0.1, -0.05) is 27.4 Å². The van der Waals surface area contributed by atoms with E-state index >= 15 is 0 Å². The molecule has 0 unspecified atom stereocenters. The van der Waals surface area contributed by atoms with Crippen LogP contribution >= 0.6 is 0 Å². The second-order valence-corrected chi connectivity index (χ2v) is 4.06. The highest BCUT2D eigenvalue weighted by atomic mass is 16.5. The van der Waals surface area contributed by atoms with Crippen LogP contribution in [0.1, 0.15) is 27.7 Å². The summed E-state index contributed by atoms with van der Waals surface area (Å²) >= 11 is 0. The Bertz CT molecular complexity index is 277. The van der Waals surface area contributed by atoms with Crippen molar-refractivity contribution in [2.75, 3.05) is 0 Å². The summed E-state index contributed by atoms with van der Waals surface area (Å²) < 4.78 is 4.91. The predicted molar refractivity (Wildman–Crippen MR) is 47.4 cm³/mol. The van der Waals surface area contributed by atoms with E-state index in [4.69, 9.17) is 4.74 Å². The summed E-state index contributed by atoms with van der Waals surface area (Å²) in [4.78, 5) is 11.1. The van der Waals surface area contributed by atoms with Crippen molar-refractivity contribution in [2.45, 2.75) is 27.7 Å². The second kappa shape index (κ2) is 2.47. The van der Waals surface area contributed by atoms with Crippen LogP contribution in [0, 0.1) is 5.41 Å². The highest BCUT2D eigenvalue weighted by Gasteiger charge is 2.32. The minimum atomic E-state index is -0.259. The molecule has 0 aromatic heterocycles. The SMILES string of the molecule is C=C1OC(=O)C(C)=C1C(C)(C)C. The Balaban J connectivity index is 3.18. The van der Waals surface area contributed by atoms with Crippen LogP contribution < -0.4 is 0 Å². The molecule has 1 aliphatic rings. The third kappa shape index (κ3) is 1.29. The van der Waals surface area contributed by atoms with Crippen LogP contribution in [0.25, 0.3) is 0 Å². The molecular weight excluding hydrogens is 152 g/mol. The van der Waals surface area contributed by atoms with E-state index < -0.39 is 0 Å². The molecule has 2 heteroatoms. The highest BCUT2D eigenvalue weighted by molar-refractivity contribution is 5.94. The molecule has 1 rings (SSSR count). The van der Waals surface area contributed by atoms with Gasteiger partial charge in [0.2, 0.25) is 0 Å². The summed E-state index contributed by atoms with van der Waals surface area (Å²) in [6.07, 6.45) is 0. The number of carbonyl (C=O) groups excluding carboxylic acids is 1. The van der Waals surface area contributed by atoms with Crippen molar-refractivity contribution in [3.8, 4) is 0 Å². The molecule has 0 aromatic carbocycles. The number of cyclic esters (lactones) is 1. The third-order valence-electron chi connectivity index (χ3n) is 1.93. The molecule has 0 aromatic rings. The first kappa shape index (κ1) is 9.04. The van der Waals surface area contributed by atoms with E-state index in [0.29, 0.717) is 11.3 Å². The Labute approximate surface area is 72.9 Å². The Hall–Kier alpha value is -1.05. The van der Waals surface area contributed by atoms with Gasteiger partial charge in [0, 0.05) is 11.1 Å². The largest absolute Gasteiger partial charge is 0.423 e. The second-order valence-electron chi connectivity index (χ2n) is 4.06. The topological polar surface area (TPSA) is 26.3 Å². The molecule has 0 fully saturated rings. The van der Waals surface area contributed by atoms with E-state index in [1.54, 1.807) is 6.92 Å². The molecule has 0 saturated heterocycles. The molecule has 0 radical (unpaired) electrons. The van der Waals surface area contributed by atoms with Gasteiger partial charge in [0.15, 0.2) is 0 Å². The predicted octanol–water partition coefficient (Wildman–Crippen LogP) is 2.42. The van der Waals surface area contributed by atoms with Crippen LogP contribution in [0.15, 0.2) is 23.5 Å². The van der Waals surface area contributed by atoms with Gasteiger partial charge in [0.1, 0.15) is 5.76 Å². The maximum atomic E-state index is 11.1. The first-order valence-electron chi connectivity index (χ1n) is 3.97. The van der Waals surface area contributed by atoms with Gasteiger partial charge in [0.05, 0.1) is 0 Å². The lowest BCUT2D eigenvalue weighted by Gasteiger charge is -2.20. The third-order valence-corrected chi connectivity index (χ3v) is 1.93. The molecule has 0 saturated carbocycles. The Morgan fingerprint density at radius 1 is 1.33 bits per heavy atom. The van der Waals surface area contributed by atoms with Gasteiger partial charge in [-0.3, -0.25) is 0 Å². The minimum absolute atomic E-state index is 0.0622. The Kier molecular flexibility index (Phi) is 1.86. The van der Waals surface area contributed by atoms with Crippen LogP contribution in [-0.4, -0.2) is 5.97 Å². The summed E-state index contributed by atoms with van der Waals surface area (Å²) in [5.41, 5.74) is 1.56.